The molecular weight excluding hydrogens is 334 g/mol. The van der Waals surface area contributed by atoms with Crippen molar-refractivity contribution in [3.05, 3.63) is 60.2 Å². The lowest BCUT2D eigenvalue weighted by Gasteiger charge is -2.17. The first kappa shape index (κ1) is 19.2. The Morgan fingerprint density at radius 3 is 2.60 bits per heavy atom. The number of amides is 1. The lowest BCUT2D eigenvalue weighted by atomic mass is 10.2. The monoisotopic (exact) mass is 359 g/mol. The predicted molar refractivity (Wildman–Crippen MR) is 103 cm³/mol. The molecule has 2 rings (SSSR count). The first-order valence-electron chi connectivity index (χ1n) is 8.43. The summed E-state index contributed by atoms with van der Waals surface area (Å²) < 4.78 is 11.0. The van der Waals surface area contributed by atoms with E-state index in [1.165, 1.54) is 5.56 Å². The van der Waals surface area contributed by atoms with Gasteiger partial charge in [-0.15, -0.1) is 0 Å². The zero-order valence-corrected chi connectivity index (χ0v) is 15.6. The van der Waals surface area contributed by atoms with Crippen LogP contribution in [0.25, 0.3) is 0 Å². The molecule has 0 spiro atoms. The molecule has 0 saturated carbocycles. The van der Waals surface area contributed by atoms with E-state index in [2.05, 4.69) is 17.4 Å². The van der Waals surface area contributed by atoms with E-state index in [-0.39, 0.29) is 5.91 Å². The van der Waals surface area contributed by atoms with Gasteiger partial charge in [-0.05, 0) is 24.1 Å². The summed E-state index contributed by atoms with van der Waals surface area (Å²) in [6.45, 7) is 2.57. The molecule has 2 aromatic rings. The summed E-state index contributed by atoms with van der Waals surface area (Å²) in [6, 6.07) is 17.6. The van der Waals surface area contributed by atoms with Crippen LogP contribution < -0.4 is 14.8 Å². The van der Waals surface area contributed by atoms with Gasteiger partial charge in [-0.2, -0.15) is 11.8 Å². The van der Waals surface area contributed by atoms with Crippen molar-refractivity contribution < 1.29 is 14.3 Å². The quantitative estimate of drug-likeness (QED) is 0.654. The van der Waals surface area contributed by atoms with E-state index in [0.717, 1.165) is 11.5 Å². The molecule has 0 aliphatic carbocycles. The molecule has 1 atom stereocenters. The molecular formula is C20H25NO3S. The molecule has 5 heteroatoms. The summed E-state index contributed by atoms with van der Waals surface area (Å²) in [7, 11) is 1.61. The van der Waals surface area contributed by atoms with Crippen molar-refractivity contribution in [3.63, 3.8) is 0 Å². The van der Waals surface area contributed by atoms with Crippen molar-refractivity contribution in [2.45, 2.75) is 25.2 Å². The van der Waals surface area contributed by atoms with Crippen LogP contribution in [-0.2, 0) is 10.5 Å². The van der Waals surface area contributed by atoms with Crippen molar-refractivity contribution in [2.75, 3.05) is 19.4 Å². The fourth-order valence-corrected chi connectivity index (χ4v) is 3.10. The number of nitrogens with one attached hydrogen (secondary N) is 1. The first-order chi connectivity index (χ1) is 12.2. The molecule has 1 unspecified atom stereocenters. The Balaban J connectivity index is 1.72. The molecule has 0 heterocycles. The number of ether oxygens (including phenoxy) is 2. The van der Waals surface area contributed by atoms with Crippen molar-refractivity contribution in [2.24, 2.45) is 0 Å². The summed E-state index contributed by atoms with van der Waals surface area (Å²) in [4.78, 5) is 12.3. The van der Waals surface area contributed by atoms with Gasteiger partial charge in [-0.1, -0.05) is 43.3 Å². The van der Waals surface area contributed by atoms with E-state index in [4.69, 9.17) is 9.47 Å². The fraction of sp³-hybridized carbons (Fsp3) is 0.350. The van der Waals surface area contributed by atoms with Gasteiger partial charge in [0.1, 0.15) is 11.5 Å². The molecule has 0 saturated heterocycles. The number of thioether (sulfide) groups is 1. The number of rotatable bonds is 10. The third-order valence-electron chi connectivity index (χ3n) is 3.64. The highest BCUT2D eigenvalue weighted by Gasteiger charge is 2.18. The standard InChI is InChI=1S/C20H25NO3S/c1-3-19(24-18-11-7-10-17(14-18)23-2)20(22)21-12-13-25-15-16-8-5-4-6-9-16/h4-11,14,19H,3,12-13,15H2,1-2H3,(H,21,22). The van der Waals surface area contributed by atoms with E-state index in [0.29, 0.717) is 24.5 Å². The molecule has 25 heavy (non-hydrogen) atoms. The predicted octanol–water partition coefficient (Wildman–Crippen LogP) is 3.90. The number of hydrogen-bond acceptors (Lipinski definition) is 4. The molecule has 1 N–H and O–H groups in total. The Morgan fingerprint density at radius 2 is 1.88 bits per heavy atom. The van der Waals surface area contributed by atoms with Gasteiger partial charge in [-0.25, -0.2) is 0 Å². The summed E-state index contributed by atoms with van der Waals surface area (Å²) >= 11 is 1.80. The summed E-state index contributed by atoms with van der Waals surface area (Å²) in [5.74, 6) is 3.10. The number of benzene rings is 2. The minimum Gasteiger partial charge on any atom is -0.497 e. The van der Waals surface area contributed by atoms with Crippen molar-refractivity contribution >= 4 is 17.7 Å². The third-order valence-corrected chi connectivity index (χ3v) is 4.67. The highest BCUT2D eigenvalue weighted by atomic mass is 32.2. The molecule has 1 amide bonds. The first-order valence-corrected chi connectivity index (χ1v) is 9.58. The normalized spacial score (nSPS) is 11.6. The Hall–Kier alpha value is -2.14. The SMILES string of the molecule is CCC(Oc1cccc(OC)c1)C(=O)NCCSCc1ccccc1. The van der Waals surface area contributed by atoms with Crippen molar-refractivity contribution in [1.82, 2.24) is 5.32 Å². The van der Waals surface area contributed by atoms with Crippen LogP contribution in [0, 0.1) is 0 Å². The molecule has 0 radical (unpaired) electrons. The second-order valence-corrected chi connectivity index (χ2v) is 6.63. The van der Waals surface area contributed by atoms with Crippen LogP contribution in [0.2, 0.25) is 0 Å². The average molecular weight is 359 g/mol. The third kappa shape index (κ3) is 6.70. The van der Waals surface area contributed by atoms with Gasteiger partial charge in [0.25, 0.3) is 5.91 Å². The van der Waals surface area contributed by atoms with Gasteiger partial charge in [0.15, 0.2) is 6.10 Å². The van der Waals surface area contributed by atoms with Gasteiger partial charge in [0, 0.05) is 24.1 Å². The fourth-order valence-electron chi connectivity index (χ4n) is 2.29. The van der Waals surface area contributed by atoms with Gasteiger partial charge in [-0.3, -0.25) is 4.79 Å². The van der Waals surface area contributed by atoms with E-state index < -0.39 is 6.10 Å². The molecule has 2 aromatic carbocycles. The second-order valence-electron chi connectivity index (χ2n) is 5.52. The Bertz CT molecular complexity index is 648. The van der Waals surface area contributed by atoms with Gasteiger partial charge in [0.2, 0.25) is 0 Å². The van der Waals surface area contributed by atoms with Crippen LogP contribution in [-0.4, -0.2) is 31.4 Å². The summed E-state index contributed by atoms with van der Waals surface area (Å²) in [5, 5.41) is 2.95. The van der Waals surface area contributed by atoms with Gasteiger partial charge in [0.05, 0.1) is 7.11 Å². The van der Waals surface area contributed by atoms with Crippen LogP contribution in [0.1, 0.15) is 18.9 Å². The van der Waals surface area contributed by atoms with E-state index in [1.807, 2.05) is 43.3 Å². The van der Waals surface area contributed by atoms with Crippen LogP contribution in [0.15, 0.2) is 54.6 Å². The zero-order chi connectivity index (χ0) is 17.9. The lowest BCUT2D eigenvalue weighted by Crippen LogP contribution is -2.39. The van der Waals surface area contributed by atoms with Crippen molar-refractivity contribution in [3.8, 4) is 11.5 Å². The summed E-state index contributed by atoms with van der Waals surface area (Å²) in [5.41, 5.74) is 1.30. The number of carbonyl (C=O) groups is 1. The molecule has 0 aliphatic rings. The number of methoxy groups -OCH3 is 1. The van der Waals surface area contributed by atoms with E-state index >= 15 is 0 Å². The molecule has 4 nitrogen and oxygen atoms in total. The van der Waals surface area contributed by atoms with Crippen LogP contribution >= 0.6 is 11.8 Å². The summed E-state index contributed by atoms with van der Waals surface area (Å²) in [6.07, 6.45) is 0.117. The Morgan fingerprint density at radius 1 is 1.12 bits per heavy atom. The zero-order valence-electron chi connectivity index (χ0n) is 14.7. The van der Waals surface area contributed by atoms with Crippen LogP contribution in [0.3, 0.4) is 0 Å². The highest BCUT2D eigenvalue weighted by Crippen LogP contribution is 2.20. The van der Waals surface area contributed by atoms with Gasteiger partial charge < -0.3 is 14.8 Å². The molecule has 0 aromatic heterocycles. The van der Waals surface area contributed by atoms with Crippen LogP contribution in [0.5, 0.6) is 11.5 Å². The van der Waals surface area contributed by atoms with Crippen LogP contribution in [0.4, 0.5) is 0 Å². The highest BCUT2D eigenvalue weighted by molar-refractivity contribution is 7.98. The smallest absolute Gasteiger partial charge is 0.261 e. The number of carbonyl (C=O) groups excluding carboxylic acids is 1. The minimum atomic E-state index is -0.494. The molecule has 134 valence electrons. The molecule has 0 bridgehead atoms. The topological polar surface area (TPSA) is 47.6 Å². The average Bonchev–Trinajstić information content (AvgIpc) is 2.66. The molecule has 0 fully saturated rings. The van der Waals surface area contributed by atoms with E-state index in [1.54, 1.807) is 24.9 Å². The maximum absolute atomic E-state index is 12.3. The number of hydrogen-bond donors (Lipinski definition) is 1. The van der Waals surface area contributed by atoms with Crippen molar-refractivity contribution in [1.29, 1.82) is 0 Å². The maximum atomic E-state index is 12.3. The maximum Gasteiger partial charge on any atom is 0.261 e. The lowest BCUT2D eigenvalue weighted by molar-refractivity contribution is -0.127. The molecule has 0 aliphatic heterocycles. The van der Waals surface area contributed by atoms with Gasteiger partial charge >= 0.3 is 0 Å². The minimum absolute atomic E-state index is 0.0781. The van der Waals surface area contributed by atoms with E-state index in [9.17, 15) is 4.79 Å². The second kappa shape index (κ2) is 10.7. The largest absolute Gasteiger partial charge is 0.497 e. The Labute approximate surface area is 153 Å². The Kier molecular flexibility index (Phi) is 8.19.